The third-order valence-corrected chi connectivity index (χ3v) is 6.91. The zero-order valence-electron chi connectivity index (χ0n) is 18.6. The number of rotatable bonds is 2. The van der Waals surface area contributed by atoms with Crippen LogP contribution < -0.4 is 5.32 Å². The van der Waals surface area contributed by atoms with Crippen LogP contribution in [0.5, 0.6) is 0 Å². The Labute approximate surface area is 179 Å². The van der Waals surface area contributed by atoms with Gasteiger partial charge in [0, 0.05) is 24.0 Å². The van der Waals surface area contributed by atoms with E-state index in [1.54, 1.807) is 0 Å². The van der Waals surface area contributed by atoms with Crippen LogP contribution in [0, 0.1) is 23.7 Å². The van der Waals surface area contributed by atoms with Crippen molar-refractivity contribution in [2.45, 2.75) is 77.7 Å². The number of aliphatic hydroxyl groups excluding tert-OH is 2. The van der Waals surface area contributed by atoms with Gasteiger partial charge in [-0.05, 0) is 51.0 Å². The molecule has 3 aliphatic rings. The lowest BCUT2D eigenvalue weighted by atomic mass is 9.63. The molecule has 0 unspecified atom stereocenters. The first-order valence-corrected chi connectivity index (χ1v) is 11.0. The average molecular weight is 418 g/mol. The Bertz CT molecular complexity index is 782. The summed E-state index contributed by atoms with van der Waals surface area (Å²) < 4.78 is 5.99. The predicted octanol–water partition coefficient (Wildman–Crippen LogP) is 2.66. The van der Waals surface area contributed by atoms with Gasteiger partial charge < -0.3 is 20.3 Å². The zero-order chi connectivity index (χ0) is 22.2. The minimum absolute atomic E-state index is 0.0785. The molecule has 0 aromatic carbocycles. The van der Waals surface area contributed by atoms with E-state index < -0.39 is 23.8 Å². The fourth-order valence-electron chi connectivity index (χ4n) is 5.27. The van der Waals surface area contributed by atoms with Gasteiger partial charge in [0.2, 0.25) is 5.60 Å². The molecule has 2 heterocycles. The van der Waals surface area contributed by atoms with Crippen LogP contribution in [0.2, 0.25) is 0 Å². The second kappa shape index (κ2) is 8.67. The van der Waals surface area contributed by atoms with Crippen LogP contribution in [0.25, 0.3) is 0 Å². The molecule has 1 amide bonds. The van der Waals surface area contributed by atoms with Gasteiger partial charge in [0.25, 0.3) is 5.91 Å². The van der Waals surface area contributed by atoms with Gasteiger partial charge >= 0.3 is 5.97 Å². The van der Waals surface area contributed by atoms with Crippen molar-refractivity contribution >= 4 is 11.9 Å². The predicted molar refractivity (Wildman–Crippen MR) is 114 cm³/mol. The van der Waals surface area contributed by atoms with Crippen molar-refractivity contribution in [2.24, 2.45) is 23.7 Å². The normalized spacial score (nSPS) is 42.5. The first-order valence-electron chi connectivity index (χ1n) is 11.0. The summed E-state index contributed by atoms with van der Waals surface area (Å²) in [6.45, 7) is 10.4. The van der Waals surface area contributed by atoms with Crippen LogP contribution in [-0.4, -0.2) is 45.9 Å². The molecule has 0 saturated carbocycles. The highest BCUT2D eigenvalue weighted by molar-refractivity contribution is 5.94. The summed E-state index contributed by atoms with van der Waals surface area (Å²) in [7, 11) is 0. The number of ether oxygens (including phenoxy) is 1. The SMILES string of the molecule is CC1=C[C@H]2/C=C(/C)CC[C@H](O)[C@H](O)/C=C\C(=O)O[C@@]23C(=O)N[C@@H](CC(C)C)[C@H]3[C@H]1C. The molecule has 0 aromatic heterocycles. The number of allylic oxidation sites excluding steroid dienone is 2. The molecule has 3 rings (SSSR count). The van der Waals surface area contributed by atoms with Crippen molar-refractivity contribution in [2.75, 3.05) is 0 Å². The summed E-state index contributed by atoms with van der Waals surface area (Å²) in [4.78, 5) is 26.2. The molecule has 166 valence electrons. The lowest BCUT2D eigenvalue weighted by molar-refractivity contribution is -0.172. The molecular formula is C24H35NO5. The summed E-state index contributed by atoms with van der Waals surface area (Å²) in [5, 5.41) is 23.4. The number of hydrogen-bond acceptors (Lipinski definition) is 5. The smallest absolute Gasteiger partial charge is 0.331 e. The highest BCUT2D eigenvalue weighted by Crippen LogP contribution is 2.50. The van der Waals surface area contributed by atoms with E-state index in [2.05, 4.69) is 39.1 Å². The summed E-state index contributed by atoms with van der Waals surface area (Å²) in [5.74, 6) is -1.02. The molecular weight excluding hydrogens is 382 g/mol. The van der Waals surface area contributed by atoms with Crippen molar-refractivity contribution in [1.29, 1.82) is 0 Å². The van der Waals surface area contributed by atoms with E-state index in [9.17, 15) is 19.8 Å². The Morgan fingerprint density at radius 1 is 1.23 bits per heavy atom. The monoisotopic (exact) mass is 417 g/mol. The molecule has 1 spiro atoms. The minimum atomic E-state index is -1.32. The first kappa shape index (κ1) is 22.8. The summed E-state index contributed by atoms with van der Waals surface area (Å²) in [6, 6.07) is -0.0792. The Hall–Kier alpha value is -1.92. The van der Waals surface area contributed by atoms with Crippen LogP contribution >= 0.6 is 0 Å². The molecule has 3 N–H and O–H groups in total. The van der Waals surface area contributed by atoms with Crippen molar-refractivity contribution < 1.29 is 24.5 Å². The molecule has 7 atom stereocenters. The highest BCUT2D eigenvalue weighted by Gasteiger charge is 2.64. The molecule has 1 saturated heterocycles. The largest absolute Gasteiger partial charge is 0.444 e. The summed E-state index contributed by atoms with van der Waals surface area (Å²) in [6.07, 6.45) is 6.06. The van der Waals surface area contributed by atoms with Crippen molar-refractivity contribution in [3.05, 3.63) is 35.5 Å². The summed E-state index contributed by atoms with van der Waals surface area (Å²) >= 11 is 0. The van der Waals surface area contributed by atoms with Gasteiger partial charge in [-0.25, -0.2) is 4.79 Å². The van der Waals surface area contributed by atoms with Crippen LogP contribution in [0.15, 0.2) is 35.5 Å². The van der Waals surface area contributed by atoms with Gasteiger partial charge in [0.05, 0.1) is 12.2 Å². The molecule has 30 heavy (non-hydrogen) atoms. The van der Waals surface area contributed by atoms with Crippen LogP contribution in [0.3, 0.4) is 0 Å². The number of carbonyl (C=O) groups is 2. The van der Waals surface area contributed by atoms with E-state index in [4.69, 9.17) is 4.74 Å². The van der Waals surface area contributed by atoms with Gasteiger partial charge in [-0.1, -0.05) is 44.1 Å². The van der Waals surface area contributed by atoms with E-state index in [1.165, 1.54) is 11.6 Å². The van der Waals surface area contributed by atoms with Crippen molar-refractivity contribution in [3.63, 3.8) is 0 Å². The maximum atomic E-state index is 13.4. The molecule has 2 aliphatic heterocycles. The Morgan fingerprint density at radius 2 is 1.93 bits per heavy atom. The number of nitrogens with one attached hydrogen (secondary N) is 1. The Balaban J connectivity index is 2.13. The van der Waals surface area contributed by atoms with Gasteiger partial charge in [0.15, 0.2) is 0 Å². The number of esters is 1. The van der Waals surface area contributed by atoms with Crippen molar-refractivity contribution in [3.8, 4) is 0 Å². The second-order valence-electron chi connectivity index (χ2n) is 9.64. The molecule has 6 heteroatoms. The molecule has 0 bridgehead atoms. The summed E-state index contributed by atoms with van der Waals surface area (Å²) in [5.41, 5.74) is 0.858. The van der Waals surface area contributed by atoms with Gasteiger partial charge in [-0.3, -0.25) is 4.79 Å². The third kappa shape index (κ3) is 4.12. The van der Waals surface area contributed by atoms with E-state index in [0.29, 0.717) is 18.8 Å². The molecule has 6 nitrogen and oxygen atoms in total. The maximum absolute atomic E-state index is 13.4. The second-order valence-corrected chi connectivity index (χ2v) is 9.64. The highest BCUT2D eigenvalue weighted by atomic mass is 16.6. The molecule has 0 aromatic rings. The lowest BCUT2D eigenvalue weighted by Crippen LogP contribution is -2.56. The maximum Gasteiger partial charge on any atom is 0.331 e. The Kier molecular flexibility index (Phi) is 6.58. The van der Waals surface area contributed by atoms with E-state index in [-0.39, 0.29) is 29.7 Å². The van der Waals surface area contributed by atoms with Crippen molar-refractivity contribution in [1.82, 2.24) is 5.32 Å². The minimum Gasteiger partial charge on any atom is -0.444 e. The quantitative estimate of drug-likeness (QED) is 0.474. The zero-order valence-corrected chi connectivity index (χ0v) is 18.6. The van der Waals surface area contributed by atoms with E-state index in [1.807, 2.05) is 13.0 Å². The van der Waals surface area contributed by atoms with Crippen LogP contribution in [-0.2, 0) is 14.3 Å². The fraction of sp³-hybridized carbons (Fsp3) is 0.667. The van der Waals surface area contributed by atoms with E-state index in [0.717, 1.165) is 18.1 Å². The van der Waals surface area contributed by atoms with Gasteiger partial charge in [-0.15, -0.1) is 0 Å². The first-order chi connectivity index (χ1) is 14.1. The number of amides is 1. The fourth-order valence-corrected chi connectivity index (χ4v) is 5.27. The van der Waals surface area contributed by atoms with Gasteiger partial charge in [0.1, 0.15) is 0 Å². The average Bonchev–Trinajstić information content (AvgIpc) is 2.93. The third-order valence-electron chi connectivity index (χ3n) is 6.91. The van der Waals surface area contributed by atoms with Crippen LogP contribution in [0.4, 0.5) is 0 Å². The molecule has 1 fully saturated rings. The van der Waals surface area contributed by atoms with Gasteiger partial charge in [-0.2, -0.15) is 0 Å². The molecule has 0 radical (unpaired) electrons. The van der Waals surface area contributed by atoms with Crippen LogP contribution in [0.1, 0.15) is 53.9 Å². The number of carbonyl (C=O) groups excluding carboxylic acids is 2. The Morgan fingerprint density at radius 3 is 2.60 bits per heavy atom. The number of hydrogen-bond donors (Lipinski definition) is 3. The lowest BCUT2D eigenvalue weighted by Gasteiger charge is -2.45. The standard InChI is InChI=1S/C24H35NO5/c1-13(2)10-18-22-16(5)15(4)12-17-11-14(3)6-7-19(26)20(27)8-9-21(28)30-24(17,22)23(29)25-18/h8-9,11-13,16-20,22,26-27H,6-7,10H2,1-5H3,(H,25,29)/b9-8-,14-11-/t16-,17+,18-,19-,20+,22+,24-/m0/s1. The topological polar surface area (TPSA) is 95.9 Å². The molecule has 1 aliphatic carbocycles. The number of aliphatic hydroxyl groups is 2. The van der Waals surface area contributed by atoms with E-state index >= 15 is 0 Å².